The predicted octanol–water partition coefficient (Wildman–Crippen LogP) is 6.63. The highest BCUT2D eigenvalue weighted by Crippen LogP contribution is 2.44. The quantitative estimate of drug-likeness (QED) is 0.338. The minimum Gasteiger partial charge on any atom is -0.351 e. The number of rotatable bonds is 4. The van der Waals surface area contributed by atoms with E-state index in [1.165, 1.54) is 11.1 Å². The zero-order chi connectivity index (χ0) is 23.1. The van der Waals surface area contributed by atoms with Crippen LogP contribution in [0.25, 0.3) is 5.69 Å². The summed E-state index contributed by atoms with van der Waals surface area (Å²) in [6.45, 7) is 6.37. The van der Waals surface area contributed by atoms with Gasteiger partial charge in [0, 0.05) is 23.3 Å². The molecule has 0 saturated carbocycles. The number of nitrogens with one attached hydrogen (secondary N) is 1. The van der Waals surface area contributed by atoms with Crippen LogP contribution in [0.5, 0.6) is 0 Å². The van der Waals surface area contributed by atoms with Crippen LogP contribution in [0, 0.1) is 20.8 Å². The number of anilines is 1. The van der Waals surface area contributed by atoms with Crippen molar-refractivity contribution in [2.24, 2.45) is 0 Å². The molecule has 5 rings (SSSR count). The topological polar surface area (TPSA) is 33.1 Å². The van der Waals surface area contributed by atoms with E-state index in [1.807, 2.05) is 36.5 Å². The van der Waals surface area contributed by atoms with Crippen LogP contribution in [0.15, 0.2) is 79.0 Å². The van der Waals surface area contributed by atoms with E-state index in [-0.39, 0.29) is 12.1 Å². The highest BCUT2D eigenvalue weighted by molar-refractivity contribution is 7.80. The second kappa shape index (κ2) is 8.65. The van der Waals surface area contributed by atoms with E-state index in [0.29, 0.717) is 5.11 Å². The van der Waals surface area contributed by atoms with Gasteiger partial charge < -0.3 is 14.8 Å². The summed E-state index contributed by atoms with van der Waals surface area (Å²) in [5, 5.41) is 4.98. The Balaban J connectivity index is 1.70. The van der Waals surface area contributed by atoms with E-state index < -0.39 is 0 Å². The summed E-state index contributed by atoms with van der Waals surface area (Å²) in [6, 6.07) is 24.5. The number of thiocarbonyl (C=S) groups is 1. The van der Waals surface area contributed by atoms with Gasteiger partial charge in [-0.3, -0.25) is 4.98 Å². The van der Waals surface area contributed by atoms with Gasteiger partial charge in [0.25, 0.3) is 0 Å². The number of hydrogen-bond acceptors (Lipinski definition) is 2. The molecule has 2 atom stereocenters. The van der Waals surface area contributed by atoms with Crippen LogP contribution in [0.3, 0.4) is 0 Å². The molecule has 33 heavy (non-hydrogen) atoms. The summed E-state index contributed by atoms with van der Waals surface area (Å²) < 4.78 is 2.23. The Hall–Kier alpha value is -3.15. The number of para-hydroxylation sites is 1. The largest absolute Gasteiger partial charge is 0.351 e. The van der Waals surface area contributed by atoms with Crippen LogP contribution in [-0.2, 0) is 0 Å². The number of halogens is 1. The Labute approximate surface area is 204 Å². The number of benzene rings is 2. The van der Waals surface area contributed by atoms with Crippen molar-refractivity contribution in [1.82, 2.24) is 14.9 Å². The number of hydrogen-bond donors (Lipinski definition) is 1. The molecule has 166 valence electrons. The zero-order valence-corrected chi connectivity index (χ0v) is 20.4. The Bertz CT molecular complexity index is 1330. The molecule has 1 N–H and O–H groups in total. The maximum Gasteiger partial charge on any atom is 0.174 e. The maximum atomic E-state index is 6.59. The van der Waals surface area contributed by atoms with Crippen molar-refractivity contribution in [3.05, 3.63) is 112 Å². The standard InChI is InChI=1S/C27H25ClN4S/c1-17-9-8-10-20(15-17)32-26(25(30-27(32)33)23-12-6-7-14-29-23)21-16-18(2)31(19(21)3)24-13-5-4-11-22(24)28/h4-16,25-26H,1-3H3,(H,30,33)/t25-,26-/m1/s1. The van der Waals surface area contributed by atoms with Gasteiger partial charge in [-0.1, -0.05) is 41.9 Å². The molecule has 0 radical (unpaired) electrons. The summed E-state index contributed by atoms with van der Waals surface area (Å²) >= 11 is 12.5. The first-order valence-electron chi connectivity index (χ1n) is 11.0. The average Bonchev–Trinajstić information content (AvgIpc) is 3.30. The van der Waals surface area contributed by atoms with Crippen molar-refractivity contribution in [3.8, 4) is 5.69 Å². The van der Waals surface area contributed by atoms with Gasteiger partial charge in [0.1, 0.15) is 0 Å². The average molecular weight is 473 g/mol. The van der Waals surface area contributed by atoms with E-state index in [0.717, 1.165) is 33.5 Å². The highest BCUT2D eigenvalue weighted by atomic mass is 35.5. The molecule has 1 fully saturated rings. The first kappa shape index (κ1) is 21.7. The third-order valence-electron chi connectivity index (χ3n) is 6.26. The molecule has 1 saturated heterocycles. The van der Waals surface area contributed by atoms with Crippen LogP contribution in [0.1, 0.15) is 40.3 Å². The molecular weight excluding hydrogens is 448 g/mol. The molecule has 2 aromatic heterocycles. The van der Waals surface area contributed by atoms with Crippen LogP contribution in [0.4, 0.5) is 5.69 Å². The minimum absolute atomic E-state index is 0.0587. The second-order valence-electron chi connectivity index (χ2n) is 8.45. The third-order valence-corrected chi connectivity index (χ3v) is 6.89. The summed E-state index contributed by atoms with van der Waals surface area (Å²) in [5.74, 6) is 0. The molecule has 1 aliphatic rings. The van der Waals surface area contributed by atoms with Crippen LogP contribution < -0.4 is 10.2 Å². The van der Waals surface area contributed by atoms with Crippen LogP contribution >= 0.6 is 23.8 Å². The number of aromatic nitrogens is 2. The van der Waals surface area contributed by atoms with Gasteiger partial charge >= 0.3 is 0 Å². The number of pyridine rings is 1. The Morgan fingerprint density at radius 1 is 0.939 bits per heavy atom. The maximum absolute atomic E-state index is 6.59. The SMILES string of the molecule is Cc1cccc(N2C(=S)N[C@H](c3ccccn3)[C@H]2c2cc(C)n(-c3ccccc3Cl)c2C)c1. The molecule has 0 amide bonds. The summed E-state index contributed by atoms with van der Waals surface area (Å²) in [5.41, 5.74) is 7.65. The van der Waals surface area contributed by atoms with E-state index in [9.17, 15) is 0 Å². The molecule has 6 heteroatoms. The van der Waals surface area contributed by atoms with Crippen LogP contribution in [-0.4, -0.2) is 14.7 Å². The molecular formula is C27H25ClN4S. The van der Waals surface area contributed by atoms with Gasteiger partial charge in [-0.15, -0.1) is 0 Å². The molecule has 4 nitrogen and oxygen atoms in total. The van der Waals surface area contributed by atoms with Crippen molar-refractivity contribution in [3.63, 3.8) is 0 Å². The van der Waals surface area contributed by atoms with Crippen LogP contribution in [0.2, 0.25) is 5.02 Å². The van der Waals surface area contributed by atoms with E-state index >= 15 is 0 Å². The van der Waals surface area contributed by atoms with E-state index in [4.69, 9.17) is 23.8 Å². The molecule has 2 aromatic carbocycles. The fourth-order valence-electron chi connectivity index (χ4n) is 4.82. The van der Waals surface area contributed by atoms with E-state index in [2.05, 4.69) is 83.0 Å². The molecule has 3 heterocycles. The van der Waals surface area contributed by atoms with Gasteiger partial charge in [-0.05, 0) is 86.6 Å². The Morgan fingerprint density at radius 3 is 2.45 bits per heavy atom. The lowest BCUT2D eigenvalue weighted by Gasteiger charge is -2.28. The lowest BCUT2D eigenvalue weighted by atomic mass is 9.96. The third kappa shape index (κ3) is 3.81. The first-order chi connectivity index (χ1) is 16.0. The Morgan fingerprint density at radius 2 is 1.73 bits per heavy atom. The number of aryl methyl sites for hydroxylation is 2. The highest BCUT2D eigenvalue weighted by Gasteiger charge is 2.42. The molecule has 0 spiro atoms. The van der Waals surface area contributed by atoms with Gasteiger partial charge in [0.05, 0.1) is 28.5 Å². The summed E-state index contributed by atoms with van der Waals surface area (Å²) in [4.78, 5) is 6.89. The predicted molar refractivity (Wildman–Crippen MR) is 139 cm³/mol. The summed E-state index contributed by atoms with van der Waals surface area (Å²) in [6.07, 6.45) is 1.83. The van der Waals surface area contributed by atoms with Gasteiger partial charge in [0.2, 0.25) is 0 Å². The summed E-state index contributed by atoms with van der Waals surface area (Å²) in [7, 11) is 0. The molecule has 0 unspecified atom stereocenters. The molecule has 1 aliphatic heterocycles. The monoisotopic (exact) mass is 472 g/mol. The van der Waals surface area contributed by atoms with Crippen molar-refractivity contribution in [2.75, 3.05) is 4.90 Å². The second-order valence-corrected chi connectivity index (χ2v) is 9.24. The van der Waals surface area contributed by atoms with Crippen molar-refractivity contribution < 1.29 is 0 Å². The smallest absolute Gasteiger partial charge is 0.174 e. The van der Waals surface area contributed by atoms with E-state index in [1.54, 1.807) is 0 Å². The van der Waals surface area contributed by atoms with Gasteiger partial charge in [0.15, 0.2) is 5.11 Å². The Kier molecular flexibility index (Phi) is 5.69. The fourth-order valence-corrected chi connectivity index (χ4v) is 5.38. The van der Waals surface area contributed by atoms with Gasteiger partial charge in [-0.25, -0.2) is 0 Å². The number of nitrogens with zero attached hydrogens (tertiary/aromatic N) is 3. The lowest BCUT2D eigenvalue weighted by molar-refractivity contribution is 0.565. The molecule has 4 aromatic rings. The first-order valence-corrected chi connectivity index (χ1v) is 11.8. The molecule has 0 bridgehead atoms. The van der Waals surface area contributed by atoms with Crippen molar-refractivity contribution >= 4 is 34.6 Å². The van der Waals surface area contributed by atoms with Crippen molar-refractivity contribution in [1.29, 1.82) is 0 Å². The fraction of sp³-hybridized carbons (Fsp3) is 0.185. The van der Waals surface area contributed by atoms with Crippen molar-refractivity contribution in [2.45, 2.75) is 32.9 Å². The molecule has 0 aliphatic carbocycles. The normalized spacial score (nSPS) is 17.9. The zero-order valence-electron chi connectivity index (χ0n) is 18.8. The van der Waals surface area contributed by atoms with Gasteiger partial charge in [-0.2, -0.15) is 0 Å². The minimum atomic E-state index is -0.0839. The lowest BCUT2D eigenvalue weighted by Crippen LogP contribution is -2.29.